The molecule has 2 rings (SSSR count). The molecule has 0 saturated carbocycles. The van der Waals surface area contributed by atoms with Crippen LogP contribution in [0, 0.1) is 0 Å². The summed E-state index contributed by atoms with van der Waals surface area (Å²) in [6, 6.07) is 4.71. The zero-order valence-corrected chi connectivity index (χ0v) is 11.6. The zero-order valence-electron chi connectivity index (χ0n) is 9.30. The number of carbonyl (C=O) groups excluding carboxylic acids is 2. The molecule has 18 heavy (non-hydrogen) atoms. The van der Waals surface area contributed by atoms with Gasteiger partial charge in [-0.2, -0.15) is 0 Å². The third-order valence-electron chi connectivity index (χ3n) is 2.52. The van der Waals surface area contributed by atoms with Crippen LogP contribution in [0.4, 0.5) is 5.69 Å². The molecule has 0 bridgehead atoms. The van der Waals surface area contributed by atoms with Gasteiger partial charge in [-0.05, 0) is 34.1 Å². The lowest BCUT2D eigenvalue weighted by molar-refractivity contribution is -0.124. The number of amides is 2. The number of anilines is 1. The maximum absolute atomic E-state index is 11.9. The Bertz CT molecular complexity index is 485. The highest BCUT2D eigenvalue weighted by molar-refractivity contribution is 9.10. The van der Waals surface area contributed by atoms with Crippen molar-refractivity contribution in [2.75, 3.05) is 18.4 Å². The summed E-state index contributed by atoms with van der Waals surface area (Å²) in [7, 11) is 0. The summed E-state index contributed by atoms with van der Waals surface area (Å²) < 4.78 is 0.715. The first kappa shape index (κ1) is 13.3. The highest BCUT2D eigenvalue weighted by atomic mass is 79.9. The van der Waals surface area contributed by atoms with Gasteiger partial charge in [-0.3, -0.25) is 14.9 Å². The van der Waals surface area contributed by atoms with Crippen molar-refractivity contribution in [1.82, 2.24) is 10.6 Å². The molecule has 1 heterocycles. The van der Waals surface area contributed by atoms with Crippen molar-refractivity contribution in [3.05, 3.63) is 27.7 Å². The first-order valence-electron chi connectivity index (χ1n) is 5.32. The standard InChI is InChI=1S/C11H11BrClN3O2/c12-7-3-6(1-2-8(7)13)16-11(18)9-4-15-10(17)5-14-9/h1-3,9,14H,4-5H2,(H,15,17)(H,16,18). The van der Waals surface area contributed by atoms with Crippen LogP contribution < -0.4 is 16.0 Å². The molecular weight excluding hydrogens is 321 g/mol. The predicted molar refractivity (Wildman–Crippen MR) is 72.6 cm³/mol. The van der Waals surface area contributed by atoms with Crippen molar-refractivity contribution in [2.24, 2.45) is 0 Å². The van der Waals surface area contributed by atoms with E-state index in [9.17, 15) is 9.59 Å². The summed E-state index contributed by atoms with van der Waals surface area (Å²) in [5.74, 6) is -0.294. The smallest absolute Gasteiger partial charge is 0.243 e. The summed E-state index contributed by atoms with van der Waals surface area (Å²) in [4.78, 5) is 22.8. The Morgan fingerprint density at radius 3 is 2.89 bits per heavy atom. The second-order valence-corrected chi connectivity index (χ2v) is 5.12. The van der Waals surface area contributed by atoms with E-state index in [1.165, 1.54) is 0 Å². The van der Waals surface area contributed by atoms with Gasteiger partial charge in [0.05, 0.1) is 11.6 Å². The first-order chi connectivity index (χ1) is 8.56. The van der Waals surface area contributed by atoms with Crippen LogP contribution >= 0.6 is 27.5 Å². The largest absolute Gasteiger partial charge is 0.353 e. The van der Waals surface area contributed by atoms with Gasteiger partial charge in [0, 0.05) is 16.7 Å². The molecule has 0 aliphatic carbocycles. The SMILES string of the molecule is O=C1CNC(C(=O)Nc2ccc(Cl)c(Br)c2)CN1. The Balaban J connectivity index is 1.98. The molecule has 96 valence electrons. The van der Waals surface area contributed by atoms with Gasteiger partial charge in [0.25, 0.3) is 0 Å². The van der Waals surface area contributed by atoms with E-state index in [1.807, 2.05) is 0 Å². The lowest BCUT2D eigenvalue weighted by Gasteiger charge is -2.23. The Hall–Kier alpha value is -1.11. The molecule has 0 aromatic heterocycles. The van der Waals surface area contributed by atoms with E-state index >= 15 is 0 Å². The number of benzene rings is 1. The van der Waals surface area contributed by atoms with Gasteiger partial charge in [-0.15, -0.1) is 0 Å². The van der Waals surface area contributed by atoms with Gasteiger partial charge in [0.15, 0.2) is 0 Å². The molecular formula is C11H11BrClN3O2. The van der Waals surface area contributed by atoms with Crippen molar-refractivity contribution < 1.29 is 9.59 Å². The molecule has 1 saturated heterocycles. The van der Waals surface area contributed by atoms with Crippen LogP contribution in [0.2, 0.25) is 5.02 Å². The number of nitrogens with one attached hydrogen (secondary N) is 3. The van der Waals surface area contributed by atoms with Crippen molar-refractivity contribution in [3.8, 4) is 0 Å². The molecule has 2 amide bonds. The minimum Gasteiger partial charge on any atom is -0.353 e. The third-order valence-corrected chi connectivity index (χ3v) is 3.73. The van der Waals surface area contributed by atoms with E-state index in [1.54, 1.807) is 18.2 Å². The third kappa shape index (κ3) is 3.22. The highest BCUT2D eigenvalue weighted by Crippen LogP contribution is 2.25. The van der Waals surface area contributed by atoms with Crippen molar-refractivity contribution in [2.45, 2.75) is 6.04 Å². The van der Waals surface area contributed by atoms with Crippen LogP contribution in [0.3, 0.4) is 0 Å². The Kier molecular flexibility index (Phi) is 4.21. The molecule has 3 N–H and O–H groups in total. The average molecular weight is 333 g/mol. The van der Waals surface area contributed by atoms with Gasteiger partial charge in [0.1, 0.15) is 6.04 Å². The second-order valence-electron chi connectivity index (χ2n) is 3.86. The maximum atomic E-state index is 11.9. The fourth-order valence-electron chi connectivity index (χ4n) is 1.56. The fraction of sp³-hybridized carbons (Fsp3) is 0.273. The van der Waals surface area contributed by atoms with Crippen molar-refractivity contribution in [3.63, 3.8) is 0 Å². The van der Waals surface area contributed by atoms with Crippen LogP contribution in [-0.4, -0.2) is 30.9 Å². The van der Waals surface area contributed by atoms with E-state index < -0.39 is 6.04 Å². The number of hydrogen-bond donors (Lipinski definition) is 3. The summed E-state index contributed by atoms with van der Waals surface area (Å²) in [5.41, 5.74) is 0.648. The lowest BCUT2D eigenvalue weighted by atomic mass is 10.2. The normalized spacial score (nSPS) is 19.2. The molecule has 1 aromatic carbocycles. The summed E-state index contributed by atoms with van der Waals surface area (Å²) in [6.45, 7) is 0.446. The average Bonchev–Trinajstić information content (AvgIpc) is 2.34. The molecule has 0 spiro atoms. The molecule has 1 aromatic rings. The quantitative estimate of drug-likeness (QED) is 0.760. The number of piperazine rings is 1. The van der Waals surface area contributed by atoms with Gasteiger partial charge in [0.2, 0.25) is 11.8 Å². The monoisotopic (exact) mass is 331 g/mol. The number of halogens is 2. The predicted octanol–water partition coefficient (Wildman–Crippen LogP) is 1.13. The number of carbonyl (C=O) groups is 2. The van der Waals surface area contributed by atoms with Crippen LogP contribution in [0.5, 0.6) is 0 Å². The zero-order chi connectivity index (χ0) is 13.1. The molecule has 1 aliphatic heterocycles. The minimum atomic E-state index is -0.419. The van der Waals surface area contributed by atoms with Crippen LogP contribution in [-0.2, 0) is 9.59 Å². The van der Waals surface area contributed by atoms with Gasteiger partial charge in [-0.1, -0.05) is 11.6 Å². The van der Waals surface area contributed by atoms with E-state index in [2.05, 4.69) is 31.9 Å². The van der Waals surface area contributed by atoms with Gasteiger partial charge in [-0.25, -0.2) is 0 Å². The van der Waals surface area contributed by atoms with E-state index in [-0.39, 0.29) is 18.4 Å². The molecule has 1 atom stereocenters. The molecule has 1 aliphatic rings. The van der Waals surface area contributed by atoms with Crippen LogP contribution in [0.1, 0.15) is 0 Å². The van der Waals surface area contributed by atoms with Crippen LogP contribution in [0.15, 0.2) is 22.7 Å². The molecule has 1 fully saturated rings. The number of rotatable bonds is 2. The van der Waals surface area contributed by atoms with Gasteiger partial charge >= 0.3 is 0 Å². The maximum Gasteiger partial charge on any atom is 0.243 e. The molecule has 0 radical (unpaired) electrons. The van der Waals surface area contributed by atoms with Crippen LogP contribution in [0.25, 0.3) is 0 Å². The minimum absolute atomic E-state index is 0.103. The molecule has 1 unspecified atom stereocenters. The highest BCUT2D eigenvalue weighted by Gasteiger charge is 2.23. The molecule has 7 heteroatoms. The van der Waals surface area contributed by atoms with Crippen molar-refractivity contribution >= 4 is 45.0 Å². The van der Waals surface area contributed by atoms with E-state index in [0.29, 0.717) is 21.7 Å². The van der Waals surface area contributed by atoms with Crippen molar-refractivity contribution in [1.29, 1.82) is 0 Å². The number of hydrogen-bond acceptors (Lipinski definition) is 3. The summed E-state index contributed by atoms with van der Waals surface area (Å²) in [5, 5.41) is 8.81. The fourth-order valence-corrected chi connectivity index (χ4v) is 2.05. The Morgan fingerprint density at radius 2 is 2.28 bits per heavy atom. The topological polar surface area (TPSA) is 70.2 Å². The second kappa shape index (κ2) is 5.69. The first-order valence-corrected chi connectivity index (χ1v) is 6.49. The Morgan fingerprint density at radius 1 is 1.50 bits per heavy atom. The van der Waals surface area contributed by atoms with E-state index in [0.717, 1.165) is 0 Å². The van der Waals surface area contributed by atoms with Gasteiger partial charge < -0.3 is 10.6 Å². The van der Waals surface area contributed by atoms with E-state index in [4.69, 9.17) is 11.6 Å². The summed E-state index contributed by atoms with van der Waals surface area (Å²) >= 11 is 9.15. The Labute approximate surface area is 117 Å². The molecule has 5 nitrogen and oxygen atoms in total. The lowest BCUT2D eigenvalue weighted by Crippen LogP contribution is -2.56. The summed E-state index contributed by atoms with van der Waals surface area (Å²) in [6.07, 6.45) is 0.